The van der Waals surface area contributed by atoms with Gasteiger partial charge in [-0.25, -0.2) is 4.98 Å². The van der Waals surface area contributed by atoms with Gasteiger partial charge in [-0.05, 0) is 37.1 Å². The molecule has 1 N–H and O–H groups in total. The predicted molar refractivity (Wildman–Crippen MR) is 116 cm³/mol. The normalized spacial score (nSPS) is 13.8. The lowest BCUT2D eigenvalue weighted by Gasteiger charge is -2.17. The van der Waals surface area contributed by atoms with Crippen LogP contribution in [0.5, 0.6) is 0 Å². The van der Waals surface area contributed by atoms with Gasteiger partial charge in [0.05, 0.1) is 27.5 Å². The van der Waals surface area contributed by atoms with E-state index in [4.69, 9.17) is 11.6 Å². The molecule has 0 aliphatic carbocycles. The van der Waals surface area contributed by atoms with Crippen LogP contribution in [0.4, 0.5) is 5.69 Å². The molecule has 0 spiro atoms. The van der Waals surface area contributed by atoms with Crippen LogP contribution in [0.15, 0.2) is 53.7 Å². The van der Waals surface area contributed by atoms with E-state index in [0.717, 1.165) is 37.0 Å². The second-order valence-electron chi connectivity index (χ2n) is 6.87. The zero-order valence-corrected chi connectivity index (χ0v) is 17.4. The van der Waals surface area contributed by atoms with E-state index in [2.05, 4.69) is 10.3 Å². The molecule has 150 valence electrons. The molecule has 8 heteroatoms. The Balaban J connectivity index is 1.49. The highest BCUT2D eigenvalue weighted by Crippen LogP contribution is 2.26. The van der Waals surface area contributed by atoms with Crippen molar-refractivity contribution in [3.8, 4) is 0 Å². The monoisotopic (exact) mass is 428 g/mol. The van der Waals surface area contributed by atoms with Crippen molar-refractivity contribution in [2.24, 2.45) is 0 Å². The molecule has 4 rings (SSSR count). The van der Waals surface area contributed by atoms with Crippen LogP contribution >= 0.6 is 23.4 Å². The number of likely N-dealkylation sites (tertiary alicyclic amines) is 1. The molecular formula is C21H21ClN4O2S. The van der Waals surface area contributed by atoms with Crippen molar-refractivity contribution in [2.75, 3.05) is 24.2 Å². The maximum absolute atomic E-state index is 12.7. The average Bonchev–Trinajstić information content (AvgIpc) is 3.37. The van der Waals surface area contributed by atoms with Crippen LogP contribution in [0.3, 0.4) is 0 Å². The van der Waals surface area contributed by atoms with Crippen LogP contribution in [0, 0.1) is 0 Å². The number of hydrogen-bond acceptors (Lipinski definition) is 4. The number of aromatic nitrogens is 2. The van der Waals surface area contributed by atoms with Gasteiger partial charge in [-0.1, -0.05) is 47.6 Å². The minimum absolute atomic E-state index is 0.0908. The largest absolute Gasteiger partial charge is 0.341 e. The Morgan fingerprint density at radius 3 is 2.59 bits per heavy atom. The van der Waals surface area contributed by atoms with E-state index in [9.17, 15) is 9.59 Å². The van der Waals surface area contributed by atoms with E-state index in [1.165, 1.54) is 11.8 Å². The summed E-state index contributed by atoms with van der Waals surface area (Å²) >= 11 is 7.42. The summed E-state index contributed by atoms with van der Waals surface area (Å²) in [4.78, 5) is 31.6. The highest BCUT2D eigenvalue weighted by Gasteiger charge is 2.21. The zero-order valence-electron chi connectivity index (χ0n) is 15.8. The molecule has 1 aromatic heterocycles. The standard InChI is InChI=1S/C21H21ClN4O2S/c22-15-7-1-2-8-16(15)23-19(27)14-29-21-24-17-9-3-4-10-18(17)26(21)13-20(28)25-11-5-6-12-25/h1-4,7-10H,5-6,11-14H2,(H,23,27). The molecular weight excluding hydrogens is 408 g/mol. The average molecular weight is 429 g/mol. The quantitative estimate of drug-likeness (QED) is 0.601. The van der Waals surface area contributed by atoms with Crippen molar-refractivity contribution in [3.05, 3.63) is 53.6 Å². The number of halogens is 1. The van der Waals surface area contributed by atoms with Gasteiger partial charge in [0.2, 0.25) is 11.8 Å². The molecule has 3 aromatic rings. The molecule has 2 amide bonds. The van der Waals surface area contributed by atoms with Crippen molar-refractivity contribution < 1.29 is 9.59 Å². The summed E-state index contributed by atoms with van der Waals surface area (Å²) in [6, 6.07) is 14.8. The topological polar surface area (TPSA) is 67.2 Å². The number of fused-ring (bicyclic) bond motifs is 1. The molecule has 0 unspecified atom stereocenters. The van der Waals surface area contributed by atoms with Crippen LogP contribution in [0.2, 0.25) is 5.02 Å². The summed E-state index contributed by atoms with van der Waals surface area (Å²) in [7, 11) is 0. The molecule has 2 aromatic carbocycles. The Bertz CT molecular complexity index is 1050. The molecule has 2 heterocycles. The summed E-state index contributed by atoms with van der Waals surface area (Å²) in [6.07, 6.45) is 2.11. The second kappa shape index (κ2) is 8.88. The van der Waals surface area contributed by atoms with E-state index in [1.54, 1.807) is 12.1 Å². The number of imidazole rings is 1. The smallest absolute Gasteiger partial charge is 0.242 e. The number of hydrogen-bond donors (Lipinski definition) is 1. The van der Waals surface area contributed by atoms with Crippen molar-refractivity contribution in [3.63, 3.8) is 0 Å². The molecule has 0 radical (unpaired) electrons. The fourth-order valence-corrected chi connectivity index (χ4v) is 4.39. The zero-order chi connectivity index (χ0) is 20.2. The predicted octanol–water partition coefficient (Wildman–Crippen LogP) is 4.04. The molecule has 0 bridgehead atoms. The van der Waals surface area contributed by atoms with Gasteiger partial charge in [-0.3, -0.25) is 9.59 Å². The third kappa shape index (κ3) is 4.57. The maximum Gasteiger partial charge on any atom is 0.242 e. The molecule has 0 atom stereocenters. The Morgan fingerprint density at radius 1 is 1.07 bits per heavy atom. The van der Waals surface area contributed by atoms with E-state index >= 15 is 0 Å². The van der Waals surface area contributed by atoms with Gasteiger partial charge in [0.15, 0.2) is 5.16 Å². The molecule has 1 fully saturated rings. The first-order valence-corrected chi connectivity index (χ1v) is 10.9. The van der Waals surface area contributed by atoms with Crippen molar-refractivity contribution >= 4 is 51.9 Å². The fraction of sp³-hybridized carbons (Fsp3) is 0.286. The van der Waals surface area contributed by atoms with Crippen LogP contribution in [-0.4, -0.2) is 45.1 Å². The fourth-order valence-electron chi connectivity index (χ4n) is 3.40. The molecule has 6 nitrogen and oxygen atoms in total. The summed E-state index contributed by atoms with van der Waals surface area (Å²) in [5.41, 5.74) is 2.29. The number of nitrogens with one attached hydrogen (secondary N) is 1. The molecule has 1 aliphatic heterocycles. The van der Waals surface area contributed by atoms with E-state index in [-0.39, 0.29) is 24.1 Å². The number of carbonyl (C=O) groups excluding carboxylic acids is 2. The van der Waals surface area contributed by atoms with Crippen LogP contribution in [-0.2, 0) is 16.1 Å². The highest BCUT2D eigenvalue weighted by molar-refractivity contribution is 7.99. The Morgan fingerprint density at radius 2 is 1.79 bits per heavy atom. The SMILES string of the molecule is O=C(CSc1nc2ccccc2n1CC(=O)N1CCCC1)Nc1ccccc1Cl. The van der Waals surface area contributed by atoms with Crippen molar-refractivity contribution in [1.82, 2.24) is 14.5 Å². The number of para-hydroxylation sites is 3. The Hall–Kier alpha value is -2.51. The van der Waals surface area contributed by atoms with Gasteiger partial charge in [0.1, 0.15) is 6.54 Å². The molecule has 29 heavy (non-hydrogen) atoms. The minimum Gasteiger partial charge on any atom is -0.341 e. The van der Waals surface area contributed by atoms with E-state index in [0.29, 0.717) is 15.9 Å². The first kappa shape index (κ1) is 19.8. The lowest BCUT2D eigenvalue weighted by atomic mass is 10.3. The maximum atomic E-state index is 12.7. The first-order valence-electron chi connectivity index (χ1n) is 9.52. The first-order chi connectivity index (χ1) is 14.1. The number of thioether (sulfide) groups is 1. The number of nitrogens with zero attached hydrogens (tertiary/aromatic N) is 3. The number of benzene rings is 2. The van der Waals surface area contributed by atoms with Gasteiger partial charge in [-0.2, -0.15) is 0 Å². The summed E-state index contributed by atoms with van der Waals surface area (Å²) in [5.74, 6) is 0.0903. The van der Waals surface area contributed by atoms with Crippen LogP contribution in [0.1, 0.15) is 12.8 Å². The van der Waals surface area contributed by atoms with Crippen LogP contribution < -0.4 is 5.32 Å². The van der Waals surface area contributed by atoms with Crippen molar-refractivity contribution in [2.45, 2.75) is 24.5 Å². The second-order valence-corrected chi connectivity index (χ2v) is 8.22. The van der Waals surface area contributed by atoms with Gasteiger partial charge >= 0.3 is 0 Å². The van der Waals surface area contributed by atoms with E-state index < -0.39 is 0 Å². The summed E-state index contributed by atoms with van der Waals surface area (Å²) < 4.78 is 1.91. The summed E-state index contributed by atoms with van der Waals surface area (Å²) in [6.45, 7) is 1.86. The van der Waals surface area contributed by atoms with Crippen molar-refractivity contribution in [1.29, 1.82) is 0 Å². The van der Waals surface area contributed by atoms with Gasteiger partial charge in [0.25, 0.3) is 0 Å². The molecule has 0 saturated carbocycles. The van der Waals surface area contributed by atoms with Crippen LogP contribution in [0.25, 0.3) is 11.0 Å². The minimum atomic E-state index is -0.174. The molecule has 1 saturated heterocycles. The lowest BCUT2D eigenvalue weighted by Crippen LogP contribution is -2.31. The Labute approximate surface area is 178 Å². The third-order valence-electron chi connectivity index (χ3n) is 4.85. The van der Waals surface area contributed by atoms with Gasteiger partial charge in [-0.15, -0.1) is 0 Å². The lowest BCUT2D eigenvalue weighted by molar-refractivity contribution is -0.130. The van der Waals surface area contributed by atoms with Gasteiger partial charge < -0.3 is 14.8 Å². The highest BCUT2D eigenvalue weighted by atomic mass is 35.5. The number of amides is 2. The third-order valence-corrected chi connectivity index (χ3v) is 6.16. The Kier molecular flexibility index (Phi) is 6.06. The summed E-state index contributed by atoms with van der Waals surface area (Å²) in [5, 5.41) is 3.97. The number of anilines is 1. The van der Waals surface area contributed by atoms with Gasteiger partial charge in [0, 0.05) is 13.1 Å². The number of rotatable bonds is 6. The van der Waals surface area contributed by atoms with E-state index in [1.807, 2.05) is 45.9 Å². The molecule has 1 aliphatic rings. The number of carbonyl (C=O) groups is 2.